The van der Waals surface area contributed by atoms with Crippen LogP contribution in [0.3, 0.4) is 0 Å². The molecule has 4 heteroatoms. The number of alkyl halides is 1. The van der Waals surface area contributed by atoms with Crippen LogP contribution in [0.5, 0.6) is 0 Å². The lowest BCUT2D eigenvalue weighted by molar-refractivity contribution is -0.143. The van der Waals surface area contributed by atoms with Gasteiger partial charge in [0.05, 0.1) is 12.2 Å². The molecule has 0 radical (unpaired) electrons. The van der Waals surface area contributed by atoms with Gasteiger partial charge in [-0.05, 0) is 6.92 Å². The predicted molar refractivity (Wildman–Crippen MR) is 50.2 cm³/mol. The van der Waals surface area contributed by atoms with Gasteiger partial charge in [-0.1, -0.05) is 13.8 Å². The van der Waals surface area contributed by atoms with Crippen molar-refractivity contribution in [3.8, 4) is 0 Å². The Morgan fingerprint density at radius 2 is 2.23 bits per heavy atom. The van der Waals surface area contributed by atoms with E-state index in [2.05, 4.69) is 0 Å². The second-order valence-corrected chi connectivity index (χ2v) is 4.95. The Labute approximate surface area is 80.7 Å². The predicted octanol–water partition coefficient (Wildman–Crippen LogP) is 1.59. The maximum absolute atomic E-state index is 13.6. The minimum atomic E-state index is -0.857. The molecule has 0 amide bonds. The molecule has 0 spiro atoms. The second kappa shape index (κ2) is 3.96. The standard InChI is InChI=1S/C9H17FO2Si/c1-6-4-12-9(3,5-13-11)7(2)8(6)10/h6-8,13H,4-5H2,1-3H3/t6-,7-,8-,9+/m0/s1. The molecule has 0 saturated carbocycles. The molecule has 0 aliphatic carbocycles. The summed E-state index contributed by atoms with van der Waals surface area (Å²) in [7, 11) is -0.857. The van der Waals surface area contributed by atoms with E-state index in [0.717, 1.165) is 0 Å². The van der Waals surface area contributed by atoms with Gasteiger partial charge in [0.25, 0.3) is 9.41 Å². The van der Waals surface area contributed by atoms with Gasteiger partial charge in [0, 0.05) is 17.9 Å². The zero-order valence-corrected chi connectivity index (χ0v) is 9.57. The molecule has 0 unspecified atom stereocenters. The van der Waals surface area contributed by atoms with E-state index in [1.165, 1.54) is 0 Å². The molecule has 2 nitrogen and oxygen atoms in total. The van der Waals surface area contributed by atoms with E-state index in [0.29, 0.717) is 12.7 Å². The maximum atomic E-state index is 13.6. The molecule has 1 fully saturated rings. The molecule has 13 heavy (non-hydrogen) atoms. The number of halogens is 1. The average Bonchev–Trinajstić information content (AvgIpc) is 2.10. The first-order valence-electron chi connectivity index (χ1n) is 4.73. The van der Waals surface area contributed by atoms with Gasteiger partial charge in [0.1, 0.15) is 6.17 Å². The molecule has 0 N–H and O–H groups in total. The molecule has 1 rings (SSSR count). The molecule has 4 atom stereocenters. The summed E-state index contributed by atoms with van der Waals surface area (Å²) in [4.78, 5) is 0. The molecule has 76 valence electrons. The summed E-state index contributed by atoms with van der Waals surface area (Å²) in [6.07, 6.45) is -0.829. The smallest absolute Gasteiger partial charge is 0.264 e. The lowest BCUT2D eigenvalue weighted by Gasteiger charge is -2.43. The molecule has 1 saturated heterocycles. The van der Waals surface area contributed by atoms with Gasteiger partial charge in [-0.25, -0.2) is 4.39 Å². The van der Waals surface area contributed by atoms with E-state index < -0.39 is 21.2 Å². The summed E-state index contributed by atoms with van der Waals surface area (Å²) >= 11 is 0. The van der Waals surface area contributed by atoms with E-state index in [-0.39, 0.29) is 11.8 Å². The Morgan fingerprint density at radius 1 is 1.62 bits per heavy atom. The summed E-state index contributed by atoms with van der Waals surface area (Å²) in [6, 6.07) is 0.487. The van der Waals surface area contributed by atoms with E-state index in [1.54, 1.807) is 0 Å². The Morgan fingerprint density at radius 3 is 2.77 bits per heavy atom. The van der Waals surface area contributed by atoms with Crippen LogP contribution in [0.4, 0.5) is 4.39 Å². The molecular weight excluding hydrogens is 187 g/mol. The summed E-state index contributed by atoms with van der Waals surface area (Å²) < 4.78 is 29.8. The first-order chi connectivity index (χ1) is 6.01. The molecule has 1 aliphatic heterocycles. The molecule has 0 bridgehead atoms. The Kier molecular flexibility index (Phi) is 3.35. The van der Waals surface area contributed by atoms with E-state index in [1.807, 2.05) is 20.8 Å². The third-order valence-electron chi connectivity index (χ3n) is 3.15. The van der Waals surface area contributed by atoms with Crippen LogP contribution in [-0.4, -0.2) is 27.8 Å². The normalized spacial score (nSPS) is 46.0. The van der Waals surface area contributed by atoms with Crippen molar-refractivity contribution < 1.29 is 13.6 Å². The van der Waals surface area contributed by atoms with Crippen LogP contribution in [-0.2, 0) is 9.20 Å². The van der Waals surface area contributed by atoms with Crippen molar-refractivity contribution >= 4 is 9.41 Å². The van der Waals surface area contributed by atoms with Crippen molar-refractivity contribution in [1.29, 1.82) is 0 Å². The van der Waals surface area contributed by atoms with Gasteiger partial charge in [-0.3, -0.25) is 0 Å². The Hall–Kier alpha value is -0.0931. The van der Waals surface area contributed by atoms with Crippen LogP contribution in [0, 0.1) is 11.8 Å². The topological polar surface area (TPSA) is 26.3 Å². The quantitative estimate of drug-likeness (QED) is 0.638. The Bertz CT molecular complexity index is 200. The van der Waals surface area contributed by atoms with Gasteiger partial charge in [-0.2, -0.15) is 0 Å². The first kappa shape index (κ1) is 11.0. The summed E-state index contributed by atoms with van der Waals surface area (Å²) in [5.74, 6) is -0.192. The molecule has 0 aromatic heterocycles. The molecule has 1 heterocycles. The fraction of sp³-hybridized carbons (Fsp3) is 1.00. The van der Waals surface area contributed by atoms with E-state index >= 15 is 0 Å². The summed E-state index contributed by atoms with van der Waals surface area (Å²) in [6.45, 7) is 6.00. The van der Waals surface area contributed by atoms with Gasteiger partial charge in [0.2, 0.25) is 0 Å². The highest BCUT2D eigenvalue weighted by Crippen LogP contribution is 2.37. The Balaban J connectivity index is 2.72. The fourth-order valence-electron chi connectivity index (χ4n) is 1.79. The van der Waals surface area contributed by atoms with E-state index in [9.17, 15) is 8.85 Å². The third-order valence-corrected chi connectivity index (χ3v) is 4.13. The van der Waals surface area contributed by atoms with Crippen LogP contribution >= 0.6 is 0 Å². The zero-order valence-electron chi connectivity index (χ0n) is 8.42. The highest BCUT2D eigenvalue weighted by Gasteiger charge is 2.43. The van der Waals surface area contributed by atoms with Crippen LogP contribution in [0.1, 0.15) is 20.8 Å². The van der Waals surface area contributed by atoms with Crippen LogP contribution < -0.4 is 0 Å². The van der Waals surface area contributed by atoms with Crippen molar-refractivity contribution in [3.63, 3.8) is 0 Å². The third kappa shape index (κ3) is 2.04. The van der Waals surface area contributed by atoms with Crippen molar-refractivity contribution in [1.82, 2.24) is 0 Å². The van der Waals surface area contributed by atoms with Crippen molar-refractivity contribution in [3.05, 3.63) is 0 Å². The maximum Gasteiger partial charge on any atom is 0.264 e. The van der Waals surface area contributed by atoms with Gasteiger partial charge >= 0.3 is 0 Å². The molecule has 0 aromatic carbocycles. The molecule has 1 aliphatic rings. The first-order valence-corrected chi connectivity index (χ1v) is 6.01. The lowest BCUT2D eigenvalue weighted by atomic mass is 9.80. The average molecular weight is 204 g/mol. The second-order valence-electron chi connectivity index (χ2n) is 4.20. The van der Waals surface area contributed by atoms with Gasteiger partial charge in [-0.15, -0.1) is 0 Å². The van der Waals surface area contributed by atoms with Crippen molar-refractivity contribution in [2.75, 3.05) is 6.61 Å². The number of rotatable bonds is 2. The van der Waals surface area contributed by atoms with Crippen molar-refractivity contribution in [2.45, 2.75) is 38.6 Å². The zero-order chi connectivity index (χ0) is 10.1. The highest BCUT2D eigenvalue weighted by atomic mass is 28.2. The van der Waals surface area contributed by atoms with Crippen LogP contribution in [0.25, 0.3) is 0 Å². The molecular formula is C9H17FO2Si. The van der Waals surface area contributed by atoms with Crippen LogP contribution in [0.15, 0.2) is 0 Å². The number of hydrogen-bond donors (Lipinski definition) is 0. The van der Waals surface area contributed by atoms with Crippen LogP contribution in [0.2, 0.25) is 6.04 Å². The number of hydrogen-bond acceptors (Lipinski definition) is 2. The van der Waals surface area contributed by atoms with Gasteiger partial charge in [0.15, 0.2) is 0 Å². The van der Waals surface area contributed by atoms with E-state index in [4.69, 9.17) is 4.74 Å². The highest BCUT2D eigenvalue weighted by molar-refractivity contribution is 6.17. The summed E-state index contributed by atoms with van der Waals surface area (Å²) in [5, 5.41) is 0. The largest absolute Gasteiger partial charge is 0.392 e. The van der Waals surface area contributed by atoms with Gasteiger partial charge < -0.3 is 9.20 Å². The number of ether oxygens (including phenoxy) is 1. The fourth-order valence-corrected chi connectivity index (χ4v) is 2.61. The summed E-state index contributed by atoms with van der Waals surface area (Å²) in [5.41, 5.74) is -0.511. The monoisotopic (exact) mass is 204 g/mol. The minimum absolute atomic E-state index is 0.0373. The lowest BCUT2D eigenvalue weighted by Crippen LogP contribution is -2.49. The van der Waals surface area contributed by atoms with Crippen molar-refractivity contribution in [2.24, 2.45) is 11.8 Å². The molecule has 0 aromatic rings. The minimum Gasteiger partial charge on any atom is -0.392 e. The SMILES string of the molecule is C[C@H]1CO[C@](C)(C[SiH]=O)[C@@H](C)[C@H]1F.